The highest BCUT2D eigenvalue weighted by atomic mass is 15.2. The summed E-state index contributed by atoms with van der Waals surface area (Å²) in [5.74, 6) is 0. The van der Waals surface area contributed by atoms with Gasteiger partial charge in [0.15, 0.2) is 0 Å². The van der Waals surface area contributed by atoms with E-state index in [0.717, 1.165) is 24.3 Å². The maximum absolute atomic E-state index is 8.67. The molecule has 2 rings (SSSR count). The molecule has 0 radical (unpaired) electrons. The van der Waals surface area contributed by atoms with Crippen molar-refractivity contribution < 1.29 is 0 Å². The Morgan fingerprint density at radius 3 is 2.65 bits per heavy atom. The lowest BCUT2D eigenvalue weighted by atomic mass is 10.2. The van der Waals surface area contributed by atoms with E-state index in [1.165, 1.54) is 0 Å². The summed E-state index contributed by atoms with van der Waals surface area (Å²) in [5, 5.41) is 16.3. The maximum atomic E-state index is 8.67. The number of hydrogen-bond acceptors (Lipinski definition) is 3. The van der Waals surface area contributed by atoms with E-state index in [1.54, 1.807) is 4.68 Å². The number of nitriles is 1. The van der Waals surface area contributed by atoms with E-state index in [0.29, 0.717) is 5.56 Å². The monoisotopic (exact) mass is 226 g/mol. The van der Waals surface area contributed by atoms with Gasteiger partial charge in [0, 0.05) is 31.9 Å². The second-order valence-electron chi connectivity index (χ2n) is 3.85. The summed E-state index contributed by atoms with van der Waals surface area (Å²) in [7, 11) is 1.91. The SMILES string of the molecule is Cn1ccc(CCNc2ccc(C#N)cc2)n1. The minimum Gasteiger partial charge on any atom is -0.385 e. The Kier molecular flexibility index (Phi) is 3.41. The molecule has 0 aliphatic rings. The topological polar surface area (TPSA) is 53.6 Å². The number of rotatable bonds is 4. The summed E-state index contributed by atoms with van der Waals surface area (Å²) in [6.07, 6.45) is 2.83. The van der Waals surface area contributed by atoms with Gasteiger partial charge in [-0.1, -0.05) is 0 Å². The summed E-state index contributed by atoms with van der Waals surface area (Å²) >= 11 is 0. The average Bonchev–Trinajstić information content (AvgIpc) is 2.76. The van der Waals surface area contributed by atoms with Gasteiger partial charge in [0.2, 0.25) is 0 Å². The van der Waals surface area contributed by atoms with E-state index >= 15 is 0 Å². The van der Waals surface area contributed by atoms with Crippen molar-refractivity contribution in [1.82, 2.24) is 9.78 Å². The van der Waals surface area contributed by atoms with Crippen LogP contribution in [0.1, 0.15) is 11.3 Å². The highest BCUT2D eigenvalue weighted by Gasteiger charge is 1.97. The number of benzene rings is 1. The smallest absolute Gasteiger partial charge is 0.0991 e. The van der Waals surface area contributed by atoms with Gasteiger partial charge in [-0.15, -0.1) is 0 Å². The van der Waals surface area contributed by atoms with E-state index in [2.05, 4.69) is 16.5 Å². The van der Waals surface area contributed by atoms with Gasteiger partial charge in [0.05, 0.1) is 17.3 Å². The highest BCUT2D eigenvalue weighted by Crippen LogP contribution is 2.08. The zero-order valence-corrected chi connectivity index (χ0v) is 9.72. The lowest BCUT2D eigenvalue weighted by Gasteiger charge is -2.04. The van der Waals surface area contributed by atoms with E-state index in [9.17, 15) is 0 Å². The summed E-state index contributed by atoms with van der Waals surface area (Å²) in [6.45, 7) is 0.836. The molecule has 0 amide bonds. The van der Waals surface area contributed by atoms with Gasteiger partial charge in [0.1, 0.15) is 0 Å². The van der Waals surface area contributed by atoms with Crippen molar-refractivity contribution in [3.05, 3.63) is 47.8 Å². The Balaban J connectivity index is 1.84. The van der Waals surface area contributed by atoms with Crippen LogP contribution in [-0.4, -0.2) is 16.3 Å². The van der Waals surface area contributed by atoms with Crippen molar-refractivity contribution in [2.24, 2.45) is 7.05 Å². The Morgan fingerprint density at radius 2 is 2.06 bits per heavy atom. The van der Waals surface area contributed by atoms with Crippen molar-refractivity contribution in [3.8, 4) is 6.07 Å². The van der Waals surface area contributed by atoms with Gasteiger partial charge in [-0.25, -0.2) is 0 Å². The average molecular weight is 226 g/mol. The van der Waals surface area contributed by atoms with Crippen LogP contribution in [0.3, 0.4) is 0 Å². The summed E-state index contributed by atoms with van der Waals surface area (Å²) in [4.78, 5) is 0. The van der Waals surface area contributed by atoms with Gasteiger partial charge in [-0.3, -0.25) is 4.68 Å². The van der Waals surface area contributed by atoms with Crippen LogP contribution in [0.25, 0.3) is 0 Å². The van der Waals surface area contributed by atoms with Gasteiger partial charge >= 0.3 is 0 Å². The normalized spacial score (nSPS) is 9.88. The molecule has 0 unspecified atom stereocenters. The molecule has 1 aromatic heterocycles. The fourth-order valence-corrected chi connectivity index (χ4v) is 1.59. The summed E-state index contributed by atoms with van der Waals surface area (Å²) < 4.78 is 1.80. The van der Waals surface area contributed by atoms with Crippen LogP contribution in [0.4, 0.5) is 5.69 Å². The Labute approximate surface area is 100 Å². The van der Waals surface area contributed by atoms with Crippen LogP contribution in [0.5, 0.6) is 0 Å². The molecule has 0 spiro atoms. The lowest BCUT2D eigenvalue weighted by Crippen LogP contribution is -2.05. The minimum absolute atomic E-state index is 0.681. The Morgan fingerprint density at radius 1 is 1.29 bits per heavy atom. The third kappa shape index (κ3) is 3.08. The first-order valence-electron chi connectivity index (χ1n) is 5.50. The maximum Gasteiger partial charge on any atom is 0.0991 e. The van der Waals surface area contributed by atoms with Crippen LogP contribution in [0, 0.1) is 11.3 Å². The molecule has 2 aromatic rings. The van der Waals surface area contributed by atoms with Gasteiger partial charge < -0.3 is 5.32 Å². The molecule has 0 fully saturated rings. The van der Waals surface area contributed by atoms with E-state index < -0.39 is 0 Å². The lowest BCUT2D eigenvalue weighted by molar-refractivity contribution is 0.742. The van der Waals surface area contributed by atoms with Gasteiger partial charge in [-0.05, 0) is 30.3 Å². The number of hydrogen-bond donors (Lipinski definition) is 1. The van der Waals surface area contributed by atoms with Crippen molar-refractivity contribution in [2.75, 3.05) is 11.9 Å². The summed E-state index contributed by atoms with van der Waals surface area (Å²) in [5.41, 5.74) is 2.79. The molecule has 0 aliphatic heterocycles. The molecular weight excluding hydrogens is 212 g/mol. The van der Waals surface area contributed by atoms with Crippen LogP contribution >= 0.6 is 0 Å². The van der Waals surface area contributed by atoms with Crippen molar-refractivity contribution >= 4 is 5.69 Å². The quantitative estimate of drug-likeness (QED) is 0.866. The van der Waals surface area contributed by atoms with Gasteiger partial charge in [-0.2, -0.15) is 10.4 Å². The fraction of sp³-hybridized carbons (Fsp3) is 0.231. The number of aryl methyl sites for hydroxylation is 1. The van der Waals surface area contributed by atoms with Crippen molar-refractivity contribution in [1.29, 1.82) is 5.26 Å². The largest absolute Gasteiger partial charge is 0.385 e. The van der Waals surface area contributed by atoms with E-state index in [-0.39, 0.29) is 0 Å². The second-order valence-corrected chi connectivity index (χ2v) is 3.85. The first-order valence-corrected chi connectivity index (χ1v) is 5.50. The fourth-order valence-electron chi connectivity index (χ4n) is 1.59. The molecular formula is C13H14N4. The first-order chi connectivity index (χ1) is 8.28. The molecule has 0 saturated carbocycles. The number of aromatic nitrogens is 2. The third-order valence-corrected chi connectivity index (χ3v) is 2.49. The van der Waals surface area contributed by atoms with Crippen molar-refractivity contribution in [2.45, 2.75) is 6.42 Å². The minimum atomic E-state index is 0.681. The third-order valence-electron chi connectivity index (χ3n) is 2.49. The molecule has 86 valence electrons. The Hall–Kier alpha value is -2.28. The molecule has 1 N–H and O–H groups in total. The predicted molar refractivity (Wildman–Crippen MR) is 66.6 cm³/mol. The number of anilines is 1. The first kappa shape index (κ1) is 11.2. The molecule has 1 heterocycles. The second kappa shape index (κ2) is 5.17. The Bertz CT molecular complexity index is 519. The molecule has 0 atom stereocenters. The predicted octanol–water partition coefficient (Wildman–Crippen LogP) is 1.95. The molecule has 4 nitrogen and oxygen atoms in total. The number of nitrogens with one attached hydrogen (secondary N) is 1. The molecule has 4 heteroatoms. The van der Waals surface area contributed by atoms with E-state index in [1.807, 2.05) is 43.6 Å². The van der Waals surface area contributed by atoms with E-state index in [4.69, 9.17) is 5.26 Å². The standard InChI is InChI=1S/C13H14N4/c1-17-9-7-13(16-17)6-8-15-12-4-2-11(10-14)3-5-12/h2-5,7,9,15H,6,8H2,1H3. The van der Waals surface area contributed by atoms with Crippen LogP contribution in [0.15, 0.2) is 36.5 Å². The number of nitrogens with zero attached hydrogens (tertiary/aromatic N) is 3. The zero-order chi connectivity index (χ0) is 12.1. The molecule has 0 bridgehead atoms. The molecule has 1 aromatic carbocycles. The summed E-state index contributed by atoms with van der Waals surface area (Å²) in [6, 6.07) is 11.6. The molecule has 0 saturated heterocycles. The molecule has 17 heavy (non-hydrogen) atoms. The highest BCUT2D eigenvalue weighted by molar-refractivity contribution is 5.47. The van der Waals surface area contributed by atoms with Crippen LogP contribution < -0.4 is 5.32 Å². The molecule has 0 aliphatic carbocycles. The zero-order valence-electron chi connectivity index (χ0n) is 9.72. The van der Waals surface area contributed by atoms with Crippen molar-refractivity contribution in [3.63, 3.8) is 0 Å². The van der Waals surface area contributed by atoms with Crippen LogP contribution in [-0.2, 0) is 13.5 Å². The van der Waals surface area contributed by atoms with Crippen LogP contribution in [0.2, 0.25) is 0 Å². The van der Waals surface area contributed by atoms with Gasteiger partial charge in [0.25, 0.3) is 0 Å².